The Morgan fingerprint density at radius 1 is 1.15 bits per heavy atom. The molecule has 5 heteroatoms. The normalized spacial score (nSPS) is 23.0. The summed E-state index contributed by atoms with van der Waals surface area (Å²) in [5.74, 6) is 0.828. The highest BCUT2D eigenvalue weighted by atomic mass is 16.6. The predicted molar refractivity (Wildman–Crippen MR) is 79.8 cm³/mol. The highest BCUT2D eigenvalue weighted by Crippen LogP contribution is 2.17. The van der Waals surface area contributed by atoms with Crippen molar-refractivity contribution in [2.24, 2.45) is 5.92 Å². The quantitative estimate of drug-likeness (QED) is 0.850. The average molecular weight is 283 g/mol. The Bertz CT molecular complexity index is 295. The van der Waals surface area contributed by atoms with E-state index in [1.807, 2.05) is 11.8 Å². The number of amides is 1. The van der Waals surface area contributed by atoms with E-state index in [4.69, 9.17) is 4.74 Å². The maximum atomic E-state index is 11.6. The molecule has 5 nitrogen and oxygen atoms in total. The molecule has 116 valence electrons. The van der Waals surface area contributed by atoms with Crippen molar-refractivity contribution in [2.75, 3.05) is 46.4 Å². The SMILES string of the molecule is CCOC(=O)N1CCC(NCC2CCN(C)CC2)CC1. The second kappa shape index (κ2) is 7.84. The Morgan fingerprint density at radius 3 is 2.40 bits per heavy atom. The van der Waals surface area contributed by atoms with Gasteiger partial charge < -0.3 is 19.9 Å². The Balaban J connectivity index is 1.61. The third-order valence-corrected chi connectivity index (χ3v) is 4.55. The van der Waals surface area contributed by atoms with Crippen LogP contribution >= 0.6 is 0 Å². The molecular formula is C15H29N3O2. The van der Waals surface area contributed by atoms with Crippen molar-refractivity contribution in [3.63, 3.8) is 0 Å². The van der Waals surface area contributed by atoms with E-state index in [9.17, 15) is 4.79 Å². The zero-order chi connectivity index (χ0) is 14.4. The number of rotatable bonds is 4. The molecule has 0 aromatic heterocycles. The van der Waals surface area contributed by atoms with E-state index in [0.29, 0.717) is 12.6 Å². The summed E-state index contributed by atoms with van der Waals surface area (Å²) in [6.07, 6.45) is 4.56. The van der Waals surface area contributed by atoms with E-state index in [2.05, 4.69) is 17.3 Å². The lowest BCUT2D eigenvalue weighted by Gasteiger charge is -2.34. The fourth-order valence-electron chi connectivity index (χ4n) is 3.08. The van der Waals surface area contributed by atoms with Crippen molar-refractivity contribution in [1.29, 1.82) is 0 Å². The number of carbonyl (C=O) groups excluding carboxylic acids is 1. The molecule has 2 rings (SSSR count). The van der Waals surface area contributed by atoms with Crippen LogP contribution in [0, 0.1) is 5.92 Å². The van der Waals surface area contributed by atoms with Crippen molar-refractivity contribution in [2.45, 2.75) is 38.6 Å². The zero-order valence-electron chi connectivity index (χ0n) is 12.9. The fourth-order valence-corrected chi connectivity index (χ4v) is 3.08. The molecule has 2 aliphatic heterocycles. The van der Waals surface area contributed by atoms with Crippen LogP contribution in [0.25, 0.3) is 0 Å². The van der Waals surface area contributed by atoms with Crippen LogP contribution in [0.5, 0.6) is 0 Å². The number of nitrogens with zero attached hydrogens (tertiary/aromatic N) is 2. The molecule has 0 aromatic rings. The van der Waals surface area contributed by atoms with Crippen LogP contribution in [0.2, 0.25) is 0 Å². The Morgan fingerprint density at radius 2 is 1.80 bits per heavy atom. The molecule has 0 unspecified atom stereocenters. The number of hydrogen-bond acceptors (Lipinski definition) is 4. The maximum Gasteiger partial charge on any atom is 0.409 e. The van der Waals surface area contributed by atoms with Crippen LogP contribution in [-0.4, -0.2) is 68.3 Å². The predicted octanol–water partition coefficient (Wildman–Crippen LogP) is 1.54. The molecular weight excluding hydrogens is 254 g/mol. The van der Waals surface area contributed by atoms with E-state index in [0.717, 1.165) is 38.4 Å². The first-order valence-electron chi connectivity index (χ1n) is 8.02. The number of ether oxygens (including phenoxy) is 1. The summed E-state index contributed by atoms with van der Waals surface area (Å²) < 4.78 is 5.04. The van der Waals surface area contributed by atoms with Crippen molar-refractivity contribution >= 4 is 6.09 Å². The standard InChI is InChI=1S/C15H29N3O2/c1-3-20-15(19)18-10-6-14(7-11-18)16-12-13-4-8-17(2)9-5-13/h13-14,16H,3-12H2,1-2H3. The molecule has 2 fully saturated rings. The highest BCUT2D eigenvalue weighted by molar-refractivity contribution is 5.67. The molecule has 0 radical (unpaired) electrons. The third kappa shape index (κ3) is 4.63. The minimum Gasteiger partial charge on any atom is -0.450 e. The minimum absolute atomic E-state index is 0.152. The minimum atomic E-state index is -0.152. The van der Waals surface area contributed by atoms with E-state index >= 15 is 0 Å². The maximum absolute atomic E-state index is 11.6. The fraction of sp³-hybridized carbons (Fsp3) is 0.933. The third-order valence-electron chi connectivity index (χ3n) is 4.55. The van der Waals surface area contributed by atoms with E-state index < -0.39 is 0 Å². The first-order valence-corrected chi connectivity index (χ1v) is 8.02. The molecule has 1 amide bonds. The molecule has 20 heavy (non-hydrogen) atoms. The van der Waals surface area contributed by atoms with Gasteiger partial charge in [-0.1, -0.05) is 0 Å². The topological polar surface area (TPSA) is 44.8 Å². The number of nitrogens with one attached hydrogen (secondary N) is 1. The molecule has 1 N–H and O–H groups in total. The molecule has 0 spiro atoms. The van der Waals surface area contributed by atoms with Crippen molar-refractivity contribution in [1.82, 2.24) is 15.1 Å². The molecule has 2 heterocycles. The number of hydrogen-bond donors (Lipinski definition) is 1. The van der Waals surface area contributed by atoms with Crippen LogP contribution in [0.3, 0.4) is 0 Å². The zero-order valence-corrected chi connectivity index (χ0v) is 12.9. The number of carbonyl (C=O) groups is 1. The summed E-state index contributed by atoms with van der Waals surface area (Å²) in [6, 6.07) is 0.570. The number of piperidine rings is 2. The lowest BCUT2D eigenvalue weighted by Crippen LogP contribution is -2.46. The van der Waals surface area contributed by atoms with Crippen LogP contribution < -0.4 is 5.32 Å². The van der Waals surface area contributed by atoms with Gasteiger partial charge in [0.2, 0.25) is 0 Å². The van der Waals surface area contributed by atoms with Crippen molar-refractivity contribution in [3.8, 4) is 0 Å². The van der Waals surface area contributed by atoms with Crippen LogP contribution in [0.1, 0.15) is 32.6 Å². The molecule has 2 saturated heterocycles. The summed E-state index contributed by atoms with van der Waals surface area (Å²) in [6.45, 7) is 7.56. The van der Waals surface area contributed by atoms with Gasteiger partial charge in [0.15, 0.2) is 0 Å². The summed E-state index contributed by atoms with van der Waals surface area (Å²) in [4.78, 5) is 15.9. The Hall–Kier alpha value is -0.810. The van der Waals surface area contributed by atoms with Gasteiger partial charge in [0.05, 0.1) is 6.61 Å². The second-order valence-corrected chi connectivity index (χ2v) is 6.12. The lowest BCUT2D eigenvalue weighted by molar-refractivity contribution is 0.0943. The first kappa shape index (κ1) is 15.6. The van der Waals surface area contributed by atoms with Crippen molar-refractivity contribution < 1.29 is 9.53 Å². The number of likely N-dealkylation sites (tertiary alicyclic amines) is 2. The molecule has 0 aromatic carbocycles. The van der Waals surface area contributed by atoms with Gasteiger partial charge in [0.1, 0.15) is 0 Å². The van der Waals surface area contributed by atoms with Gasteiger partial charge in [-0.15, -0.1) is 0 Å². The van der Waals surface area contributed by atoms with Crippen LogP contribution in [0.15, 0.2) is 0 Å². The van der Waals surface area contributed by atoms with Gasteiger partial charge in [-0.25, -0.2) is 4.79 Å². The highest BCUT2D eigenvalue weighted by Gasteiger charge is 2.24. The molecule has 0 saturated carbocycles. The van der Waals surface area contributed by atoms with Gasteiger partial charge in [-0.3, -0.25) is 0 Å². The van der Waals surface area contributed by atoms with Crippen LogP contribution in [0.4, 0.5) is 4.79 Å². The van der Waals surface area contributed by atoms with Gasteiger partial charge in [0, 0.05) is 19.1 Å². The molecule has 2 aliphatic rings. The van der Waals surface area contributed by atoms with Crippen molar-refractivity contribution in [3.05, 3.63) is 0 Å². The smallest absolute Gasteiger partial charge is 0.409 e. The van der Waals surface area contributed by atoms with E-state index in [1.54, 1.807) is 0 Å². The van der Waals surface area contributed by atoms with Gasteiger partial charge in [-0.2, -0.15) is 0 Å². The average Bonchev–Trinajstić information content (AvgIpc) is 2.47. The summed E-state index contributed by atoms with van der Waals surface area (Å²) in [7, 11) is 2.20. The summed E-state index contributed by atoms with van der Waals surface area (Å²) >= 11 is 0. The lowest BCUT2D eigenvalue weighted by atomic mass is 9.96. The van der Waals surface area contributed by atoms with Crippen LogP contribution in [-0.2, 0) is 4.74 Å². The molecule has 0 aliphatic carbocycles. The van der Waals surface area contributed by atoms with E-state index in [1.165, 1.54) is 25.9 Å². The monoisotopic (exact) mass is 283 g/mol. The van der Waals surface area contributed by atoms with Gasteiger partial charge >= 0.3 is 6.09 Å². The summed E-state index contributed by atoms with van der Waals surface area (Å²) in [5.41, 5.74) is 0. The van der Waals surface area contributed by atoms with E-state index in [-0.39, 0.29) is 6.09 Å². The Labute approximate surface area is 122 Å². The summed E-state index contributed by atoms with van der Waals surface area (Å²) in [5, 5.41) is 3.70. The Kier molecular flexibility index (Phi) is 6.10. The first-order chi connectivity index (χ1) is 9.69. The molecule has 0 atom stereocenters. The largest absolute Gasteiger partial charge is 0.450 e. The second-order valence-electron chi connectivity index (χ2n) is 6.12. The van der Waals surface area contributed by atoms with Gasteiger partial charge in [0.25, 0.3) is 0 Å². The van der Waals surface area contributed by atoms with Gasteiger partial charge in [-0.05, 0) is 65.2 Å². The molecule has 0 bridgehead atoms.